The predicted molar refractivity (Wildman–Crippen MR) is 143 cm³/mol. The fourth-order valence-electron chi connectivity index (χ4n) is 4.51. The summed E-state index contributed by atoms with van der Waals surface area (Å²) in [6.07, 6.45) is 1.59. The van der Waals surface area contributed by atoms with Gasteiger partial charge >= 0.3 is 0 Å². The maximum absolute atomic E-state index is 13.5. The summed E-state index contributed by atoms with van der Waals surface area (Å²) < 4.78 is 27.1. The number of carbonyl (C=O) groups excluding carboxylic acids is 2. The van der Waals surface area contributed by atoms with E-state index in [1.165, 1.54) is 52.6 Å². The molecule has 0 bridgehead atoms. The molecule has 0 saturated carbocycles. The normalized spacial score (nSPS) is 16.3. The van der Waals surface area contributed by atoms with E-state index in [1.807, 2.05) is 0 Å². The van der Waals surface area contributed by atoms with Crippen molar-refractivity contribution in [3.05, 3.63) is 76.1 Å². The largest absolute Gasteiger partial charge is 0.507 e. The summed E-state index contributed by atoms with van der Waals surface area (Å²) in [4.78, 5) is 32.6. The molecule has 1 atom stereocenters. The van der Waals surface area contributed by atoms with Crippen LogP contribution in [0.3, 0.4) is 0 Å². The standard InChI is InChI=1S/C28H27ClN2O8/c1-35-19-13-20(36-2)18(29)12-17(19)25(32)23-24(15-10-21(37-3)27(39-5)22(11-15)38-4)31(28(34)26(23)33)14-16-8-6-7-9-30-16/h6-13,24,32H,14H2,1-5H3/b25-23+. The minimum Gasteiger partial charge on any atom is -0.507 e. The number of hydrogen-bond donors (Lipinski definition) is 1. The topological polar surface area (TPSA) is 117 Å². The predicted octanol–water partition coefficient (Wildman–Crippen LogP) is 4.40. The molecule has 1 fully saturated rings. The number of nitrogens with zero attached hydrogens (tertiary/aromatic N) is 2. The fraction of sp³-hybridized carbons (Fsp3) is 0.250. The first-order chi connectivity index (χ1) is 18.8. The zero-order valence-electron chi connectivity index (χ0n) is 22.0. The maximum Gasteiger partial charge on any atom is 0.296 e. The van der Waals surface area contributed by atoms with Gasteiger partial charge in [-0.1, -0.05) is 17.7 Å². The van der Waals surface area contributed by atoms with Crippen molar-refractivity contribution in [2.75, 3.05) is 35.5 Å². The third-order valence-corrected chi connectivity index (χ3v) is 6.63. The molecule has 204 valence electrons. The second-order valence-electron chi connectivity index (χ2n) is 8.39. The van der Waals surface area contributed by atoms with Crippen molar-refractivity contribution in [2.24, 2.45) is 0 Å². The molecule has 3 aromatic rings. The van der Waals surface area contributed by atoms with E-state index in [0.29, 0.717) is 34.3 Å². The number of amides is 1. The van der Waals surface area contributed by atoms with Crippen molar-refractivity contribution in [2.45, 2.75) is 12.6 Å². The van der Waals surface area contributed by atoms with E-state index in [9.17, 15) is 14.7 Å². The maximum atomic E-state index is 13.5. The van der Waals surface area contributed by atoms with Gasteiger partial charge in [0.25, 0.3) is 11.7 Å². The van der Waals surface area contributed by atoms with Crippen LogP contribution in [0.4, 0.5) is 0 Å². The molecule has 0 spiro atoms. The Morgan fingerprint density at radius 3 is 2.08 bits per heavy atom. The number of Topliss-reactive ketones (excluding diaryl/α,β-unsaturated/α-hetero) is 1. The summed E-state index contributed by atoms with van der Waals surface area (Å²) in [6.45, 7) is -0.00990. The van der Waals surface area contributed by atoms with Crippen molar-refractivity contribution >= 4 is 29.1 Å². The number of rotatable bonds is 9. The summed E-state index contributed by atoms with van der Waals surface area (Å²) in [7, 11) is 7.21. The van der Waals surface area contributed by atoms with Gasteiger partial charge in [-0.05, 0) is 35.9 Å². The zero-order chi connectivity index (χ0) is 28.3. The van der Waals surface area contributed by atoms with Gasteiger partial charge in [0.1, 0.15) is 17.3 Å². The van der Waals surface area contributed by atoms with E-state index in [-0.39, 0.29) is 28.5 Å². The van der Waals surface area contributed by atoms with E-state index in [1.54, 1.807) is 36.5 Å². The Morgan fingerprint density at radius 2 is 1.54 bits per heavy atom. The molecule has 11 heteroatoms. The Kier molecular flexibility index (Phi) is 8.15. The summed E-state index contributed by atoms with van der Waals surface area (Å²) in [6, 6.07) is 10.3. The molecule has 39 heavy (non-hydrogen) atoms. The van der Waals surface area contributed by atoms with Gasteiger partial charge in [-0.2, -0.15) is 0 Å². The summed E-state index contributed by atoms with van der Waals surface area (Å²) in [5, 5.41) is 11.7. The van der Waals surface area contributed by atoms with Crippen LogP contribution in [0, 0.1) is 0 Å². The van der Waals surface area contributed by atoms with Gasteiger partial charge in [-0.3, -0.25) is 14.6 Å². The molecule has 1 amide bonds. The van der Waals surface area contributed by atoms with Gasteiger partial charge < -0.3 is 33.7 Å². The van der Waals surface area contributed by atoms with Crippen molar-refractivity contribution < 1.29 is 38.4 Å². The van der Waals surface area contributed by atoms with Crippen LogP contribution >= 0.6 is 11.6 Å². The van der Waals surface area contributed by atoms with Crippen LogP contribution in [0.25, 0.3) is 5.76 Å². The van der Waals surface area contributed by atoms with Crippen LogP contribution in [0.2, 0.25) is 5.02 Å². The van der Waals surface area contributed by atoms with Crippen molar-refractivity contribution in [3.8, 4) is 28.7 Å². The molecule has 2 aromatic carbocycles. The number of benzene rings is 2. The van der Waals surface area contributed by atoms with E-state index >= 15 is 0 Å². The average Bonchev–Trinajstić information content (AvgIpc) is 3.21. The second-order valence-corrected chi connectivity index (χ2v) is 8.80. The van der Waals surface area contributed by atoms with Crippen LogP contribution in [-0.2, 0) is 16.1 Å². The van der Waals surface area contributed by atoms with Crippen LogP contribution < -0.4 is 23.7 Å². The van der Waals surface area contributed by atoms with Crippen LogP contribution in [0.1, 0.15) is 22.9 Å². The molecule has 10 nitrogen and oxygen atoms in total. The minimum atomic E-state index is -1.05. The second kappa shape index (κ2) is 11.5. The van der Waals surface area contributed by atoms with Gasteiger partial charge in [0, 0.05) is 12.3 Å². The highest BCUT2D eigenvalue weighted by Gasteiger charge is 2.47. The summed E-state index contributed by atoms with van der Waals surface area (Å²) in [5.41, 5.74) is 0.906. The van der Waals surface area contributed by atoms with Gasteiger partial charge in [0.15, 0.2) is 11.5 Å². The fourth-order valence-corrected chi connectivity index (χ4v) is 4.75. The van der Waals surface area contributed by atoms with Crippen LogP contribution in [-0.4, -0.2) is 62.2 Å². The molecule has 2 heterocycles. The van der Waals surface area contributed by atoms with Crippen LogP contribution in [0.5, 0.6) is 28.7 Å². The van der Waals surface area contributed by atoms with Crippen molar-refractivity contribution in [1.82, 2.24) is 9.88 Å². The smallest absolute Gasteiger partial charge is 0.296 e. The molecule has 1 saturated heterocycles. The van der Waals surface area contributed by atoms with E-state index < -0.39 is 23.5 Å². The molecular formula is C28H27ClN2O8. The lowest BCUT2D eigenvalue weighted by Crippen LogP contribution is -2.29. The lowest BCUT2D eigenvalue weighted by Gasteiger charge is -2.26. The molecule has 1 unspecified atom stereocenters. The quantitative estimate of drug-likeness (QED) is 0.233. The SMILES string of the molecule is COc1cc(OC)c(/C(O)=C2\C(=O)C(=O)N(Cc3ccccn3)C2c2cc(OC)c(OC)c(OC)c2)cc1Cl. The van der Waals surface area contributed by atoms with Gasteiger partial charge in [-0.25, -0.2) is 0 Å². The summed E-state index contributed by atoms with van der Waals surface area (Å²) >= 11 is 6.34. The number of pyridine rings is 1. The van der Waals surface area contributed by atoms with E-state index in [4.69, 9.17) is 35.3 Å². The number of carbonyl (C=O) groups is 2. The highest BCUT2D eigenvalue weighted by Crippen LogP contribution is 2.47. The monoisotopic (exact) mass is 554 g/mol. The molecule has 1 N–H and O–H groups in total. The zero-order valence-corrected chi connectivity index (χ0v) is 22.7. The number of likely N-dealkylation sites (tertiary alicyclic amines) is 1. The number of ether oxygens (including phenoxy) is 5. The van der Waals surface area contributed by atoms with E-state index in [0.717, 1.165) is 0 Å². The lowest BCUT2D eigenvalue weighted by molar-refractivity contribution is -0.140. The Hall–Kier alpha value is -4.44. The number of hydrogen-bond acceptors (Lipinski definition) is 9. The number of methoxy groups -OCH3 is 5. The van der Waals surface area contributed by atoms with Gasteiger partial charge in [-0.15, -0.1) is 0 Å². The number of aliphatic hydroxyl groups excluding tert-OH is 1. The molecule has 4 rings (SSSR count). The molecular weight excluding hydrogens is 528 g/mol. The third-order valence-electron chi connectivity index (χ3n) is 6.33. The average molecular weight is 555 g/mol. The number of halogens is 1. The highest BCUT2D eigenvalue weighted by atomic mass is 35.5. The van der Waals surface area contributed by atoms with Gasteiger partial charge in [0.2, 0.25) is 5.75 Å². The van der Waals surface area contributed by atoms with Crippen LogP contribution in [0.15, 0.2) is 54.2 Å². The Labute approximate surface area is 230 Å². The first kappa shape index (κ1) is 27.6. The Balaban J connectivity index is 2.00. The number of ketones is 1. The number of aromatic nitrogens is 1. The Bertz CT molecular complexity index is 1420. The molecule has 1 aliphatic heterocycles. The third kappa shape index (κ3) is 5.03. The lowest BCUT2D eigenvalue weighted by atomic mass is 9.94. The molecule has 1 aliphatic rings. The number of aliphatic hydroxyl groups is 1. The highest BCUT2D eigenvalue weighted by molar-refractivity contribution is 6.46. The minimum absolute atomic E-state index is 0.00990. The van der Waals surface area contributed by atoms with Gasteiger partial charge in [0.05, 0.1) is 70.0 Å². The van der Waals surface area contributed by atoms with Crippen molar-refractivity contribution in [1.29, 1.82) is 0 Å². The molecule has 0 radical (unpaired) electrons. The Morgan fingerprint density at radius 1 is 0.897 bits per heavy atom. The first-order valence-corrected chi connectivity index (χ1v) is 12.1. The molecule has 1 aromatic heterocycles. The van der Waals surface area contributed by atoms with E-state index in [2.05, 4.69) is 4.98 Å². The van der Waals surface area contributed by atoms with Crippen molar-refractivity contribution in [3.63, 3.8) is 0 Å². The first-order valence-electron chi connectivity index (χ1n) is 11.7. The molecule has 0 aliphatic carbocycles. The summed E-state index contributed by atoms with van der Waals surface area (Å²) in [5.74, 6) is -0.752.